The van der Waals surface area contributed by atoms with Gasteiger partial charge in [0.15, 0.2) is 0 Å². The fraction of sp³-hybridized carbons (Fsp3) is 0.538. The van der Waals surface area contributed by atoms with Crippen LogP contribution in [-0.2, 0) is 16.1 Å². The molecule has 1 N–H and O–H groups in total. The average molecular weight is 407 g/mol. The van der Waals surface area contributed by atoms with Gasteiger partial charge in [-0.1, -0.05) is 0 Å². The lowest BCUT2D eigenvalue weighted by Crippen LogP contribution is -2.49. The summed E-state index contributed by atoms with van der Waals surface area (Å²) in [6, 6.07) is 1.71. The lowest BCUT2D eigenvalue weighted by atomic mass is 10.2. The van der Waals surface area contributed by atoms with Gasteiger partial charge in [-0.2, -0.15) is 0 Å². The van der Waals surface area contributed by atoms with Crippen LogP contribution in [0, 0.1) is 0 Å². The highest BCUT2D eigenvalue weighted by atomic mass is 79.9. The number of rotatable bonds is 4. The highest BCUT2D eigenvalue weighted by Gasteiger charge is 2.22. The third-order valence-electron chi connectivity index (χ3n) is 3.15. The molecule has 0 aromatic carbocycles. The van der Waals surface area contributed by atoms with Crippen LogP contribution in [0.1, 0.15) is 12.6 Å². The minimum absolute atomic E-state index is 0.113. The fourth-order valence-electron chi connectivity index (χ4n) is 1.97. The first-order chi connectivity index (χ1) is 9.58. The van der Waals surface area contributed by atoms with Crippen molar-refractivity contribution in [2.75, 3.05) is 26.3 Å². The standard InChI is InChI=1S/C13H17Br2N3O2/c1-9(13(19)18-2-4-20-5-3-18)16-8-12-11(15)6-10(14)7-17-12/h6-7,9,16H,2-5,8H2,1H3. The van der Waals surface area contributed by atoms with Crippen LogP contribution in [-0.4, -0.2) is 48.1 Å². The average Bonchev–Trinajstić information content (AvgIpc) is 2.46. The van der Waals surface area contributed by atoms with Crippen molar-refractivity contribution in [3.63, 3.8) is 0 Å². The fourth-order valence-corrected chi connectivity index (χ4v) is 3.10. The smallest absolute Gasteiger partial charge is 0.239 e. The summed E-state index contributed by atoms with van der Waals surface area (Å²) in [6.07, 6.45) is 1.75. The lowest BCUT2D eigenvalue weighted by Gasteiger charge is -2.29. The minimum atomic E-state index is -0.231. The molecule has 0 aliphatic carbocycles. The van der Waals surface area contributed by atoms with E-state index >= 15 is 0 Å². The maximum Gasteiger partial charge on any atom is 0.239 e. The molecule has 0 bridgehead atoms. The molecule has 20 heavy (non-hydrogen) atoms. The molecule has 0 spiro atoms. The van der Waals surface area contributed by atoms with Crippen molar-refractivity contribution < 1.29 is 9.53 Å². The van der Waals surface area contributed by atoms with Gasteiger partial charge in [-0.25, -0.2) is 0 Å². The Morgan fingerprint density at radius 3 is 2.85 bits per heavy atom. The van der Waals surface area contributed by atoms with Gasteiger partial charge in [0.1, 0.15) is 0 Å². The first-order valence-corrected chi connectivity index (χ1v) is 8.06. The number of ether oxygens (including phenoxy) is 1. The molecule has 1 unspecified atom stereocenters. The summed E-state index contributed by atoms with van der Waals surface area (Å²) in [5, 5.41) is 3.22. The van der Waals surface area contributed by atoms with Crippen molar-refractivity contribution >= 4 is 37.8 Å². The van der Waals surface area contributed by atoms with E-state index in [9.17, 15) is 4.79 Å². The highest BCUT2D eigenvalue weighted by Crippen LogP contribution is 2.19. The van der Waals surface area contributed by atoms with Crippen LogP contribution >= 0.6 is 31.9 Å². The molecular formula is C13H17Br2N3O2. The first-order valence-electron chi connectivity index (χ1n) is 6.48. The Morgan fingerprint density at radius 1 is 1.50 bits per heavy atom. The Labute approximate surface area is 135 Å². The van der Waals surface area contributed by atoms with E-state index in [0.29, 0.717) is 32.8 Å². The number of pyridine rings is 1. The predicted octanol–water partition coefficient (Wildman–Crippen LogP) is 1.94. The summed E-state index contributed by atoms with van der Waals surface area (Å²) < 4.78 is 7.09. The quantitative estimate of drug-likeness (QED) is 0.830. The normalized spacial score (nSPS) is 17.1. The van der Waals surface area contributed by atoms with Crippen molar-refractivity contribution in [1.29, 1.82) is 0 Å². The van der Waals surface area contributed by atoms with Gasteiger partial charge >= 0.3 is 0 Å². The number of hydrogen-bond acceptors (Lipinski definition) is 4. The largest absolute Gasteiger partial charge is 0.378 e. The van der Waals surface area contributed by atoms with Crippen molar-refractivity contribution in [1.82, 2.24) is 15.2 Å². The predicted molar refractivity (Wildman–Crippen MR) is 83.3 cm³/mol. The first kappa shape index (κ1) is 15.9. The van der Waals surface area contributed by atoms with Gasteiger partial charge in [-0.15, -0.1) is 0 Å². The molecule has 2 heterocycles. The summed E-state index contributed by atoms with van der Waals surface area (Å²) in [5.41, 5.74) is 0.884. The highest BCUT2D eigenvalue weighted by molar-refractivity contribution is 9.11. The Hall–Kier alpha value is -0.500. The monoisotopic (exact) mass is 405 g/mol. The van der Waals surface area contributed by atoms with Crippen LogP contribution in [0.15, 0.2) is 21.2 Å². The molecule has 1 aliphatic rings. The van der Waals surface area contributed by atoms with Crippen molar-refractivity contribution in [3.8, 4) is 0 Å². The van der Waals surface area contributed by atoms with Gasteiger partial charge in [0.05, 0.1) is 24.9 Å². The molecule has 1 aliphatic heterocycles. The number of amides is 1. The molecule has 2 rings (SSSR count). The molecule has 7 heteroatoms. The van der Waals surface area contributed by atoms with Gasteiger partial charge in [0, 0.05) is 34.8 Å². The van der Waals surface area contributed by atoms with E-state index in [1.165, 1.54) is 0 Å². The summed E-state index contributed by atoms with van der Waals surface area (Å²) in [4.78, 5) is 18.4. The third kappa shape index (κ3) is 4.25. The van der Waals surface area contributed by atoms with Gasteiger partial charge < -0.3 is 15.0 Å². The number of carbonyl (C=O) groups excluding carboxylic acids is 1. The van der Waals surface area contributed by atoms with E-state index in [1.807, 2.05) is 17.9 Å². The maximum atomic E-state index is 12.2. The molecule has 1 fully saturated rings. The molecule has 1 aromatic heterocycles. The molecule has 1 aromatic rings. The Balaban J connectivity index is 1.87. The number of nitrogens with zero attached hydrogens (tertiary/aromatic N) is 2. The number of carbonyl (C=O) groups is 1. The molecule has 1 amide bonds. The van der Waals surface area contributed by atoms with Crippen molar-refractivity contribution in [2.45, 2.75) is 19.5 Å². The van der Waals surface area contributed by atoms with E-state index in [4.69, 9.17) is 4.74 Å². The van der Waals surface area contributed by atoms with E-state index < -0.39 is 0 Å². The van der Waals surface area contributed by atoms with E-state index in [0.717, 1.165) is 14.6 Å². The van der Waals surface area contributed by atoms with Gasteiger partial charge in [-0.05, 0) is 44.8 Å². The number of morpholine rings is 1. The molecule has 5 nitrogen and oxygen atoms in total. The van der Waals surface area contributed by atoms with Crippen molar-refractivity contribution in [2.24, 2.45) is 0 Å². The minimum Gasteiger partial charge on any atom is -0.378 e. The topological polar surface area (TPSA) is 54.5 Å². The second kappa shape index (κ2) is 7.49. The summed E-state index contributed by atoms with van der Waals surface area (Å²) in [7, 11) is 0. The zero-order valence-corrected chi connectivity index (χ0v) is 14.4. The second-order valence-electron chi connectivity index (χ2n) is 4.62. The maximum absolute atomic E-state index is 12.2. The van der Waals surface area contributed by atoms with Crippen LogP contribution in [0.3, 0.4) is 0 Å². The van der Waals surface area contributed by atoms with Crippen LogP contribution < -0.4 is 5.32 Å². The second-order valence-corrected chi connectivity index (χ2v) is 6.39. The Kier molecular flexibility index (Phi) is 5.95. The molecule has 1 saturated heterocycles. The number of aromatic nitrogens is 1. The lowest BCUT2D eigenvalue weighted by molar-refractivity contribution is -0.137. The van der Waals surface area contributed by atoms with E-state index in [-0.39, 0.29) is 11.9 Å². The van der Waals surface area contributed by atoms with Crippen LogP contribution in [0.5, 0.6) is 0 Å². The zero-order chi connectivity index (χ0) is 14.5. The zero-order valence-electron chi connectivity index (χ0n) is 11.2. The van der Waals surface area contributed by atoms with Crippen molar-refractivity contribution in [3.05, 3.63) is 26.9 Å². The van der Waals surface area contributed by atoms with E-state index in [1.54, 1.807) is 6.20 Å². The number of hydrogen-bond donors (Lipinski definition) is 1. The van der Waals surface area contributed by atoms with Gasteiger partial charge in [0.2, 0.25) is 5.91 Å². The van der Waals surface area contributed by atoms with E-state index in [2.05, 4.69) is 42.2 Å². The SMILES string of the molecule is CC(NCc1ncc(Br)cc1Br)C(=O)N1CCOCC1. The Bertz CT molecular complexity index is 479. The molecule has 110 valence electrons. The number of nitrogens with one attached hydrogen (secondary N) is 1. The Morgan fingerprint density at radius 2 is 2.20 bits per heavy atom. The molecular weight excluding hydrogens is 390 g/mol. The summed E-state index contributed by atoms with van der Waals surface area (Å²) >= 11 is 6.83. The summed E-state index contributed by atoms with van der Waals surface area (Å²) in [6.45, 7) is 5.02. The van der Waals surface area contributed by atoms with Crippen LogP contribution in [0.4, 0.5) is 0 Å². The van der Waals surface area contributed by atoms with Gasteiger partial charge in [-0.3, -0.25) is 9.78 Å². The van der Waals surface area contributed by atoms with Gasteiger partial charge in [0.25, 0.3) is 0 Å². The van der Waals surface area contributed by atoms with Crippen LogP contribution in [0.25, 0.3) is 0 Å². The molecule has 0 saturated carbocycles. The molecule has 0 radical (unpaired) electrons. The molecule has 1 atom stereocenters. The summed E-state index contributed by atoms with van der Waals surface area (Å²) in [5.74, 6) is 0.113. The van der Waals surface area contributed by atoms with Crippen LogP contribution in [0.2, 0.25) is 0 Å². The number of halogens is 2. The third-order valence-corrected chi connectivity index (χ3v) is 4.27.